The molecule has 2 atom stereocenters. The van der Waals surface area contributed by atoms with Crippen LogP contribution in [-0.4, -0.2) is 0 Å². The van der Waals surface area contributed by atoms with E-state index in [9.17, 15) is 0 Å². The van der Waals surface area contributed by atoms with E-state index in [1.54, 1.807) is 0 Å². The van der Waals surface area contributed by atoms with E-state index in [4.69, 9.17) is 0 Å². The molecule has 3 N–H and O–H groups in total. The van der Waals surface area contributed by atoms with Gasteiger partial charge in [-0.25, -0.2) is 0 Å². The number of allylic oxidation sites excluding steroid dienone is 2. The van der Waals surface area contributed by atoms with E-state index in [2.05, 4.69) is 12.2 Å². The summed E-state index contributed by atoms with van der Waals surface area (Å²) in [5, 5.41) is 0. The molecule has 1 fully saturated rings. The first-order valence-electron chi connectivity index (χ1n) is 3.13. The Bertz CT molecular complexity index is 95.0. The van der Waals surface area contributed by atoms with Gasteiger partial charge in [0.2, 0.25) is 0 Å². The highest BCUT2D eigenvalue weighted by Crippen LogP contribution is 2.38. The molecular formula is C7H13N. The molecule has 1 nitrogen and oxygen atoms in total. The van der Waals surface area contributed by atoms with Crippen molar-refractivity contribution in [1.29, 1.82) is 0 Å². The van der Waals surface area contributed by atoms with E-state index in [0.29, 0.717) is 0 Å². The van der Waals surface area contributed by atoms with E-state index < -0.39 is 0 Å². The van der Waals surface area contributed by atoms with Crippen molar-refractivity contribution in [3.8, 4) is 0 Å². The largest absolute Gasteiger partial charge is 0.344 e. The normalized spacial score (nSPS) is 40.0. The van der Waals surface area contributed by atoms with Crippen LogP contribution in [0.5, 0.6) is 0 Å². The minimum Gasteiger partial charge on any atom is -0.344 e. The molecule has 1 saturated carbocycles. The standard InChI is InChI=1S/C7H10.H3N/c1-2-7-4-3-6(1)5-7;/h1-2,6-7H,3-5H2;1H3. The van der Waals surface area contributed by atoms with E-state index in [-0.39, 0.29) is 6.15 Å². The third-order valence-corrected chi connectivity index (χ3v) is 2.17. The Morgan fingerprint density at radius 3 is 1.62 bits per heavy atom. The lowest BCUT2D eigenvalue weighted by Crippen LogP contribution is -1.82. The average molecular weight is 111 g/mol. The van der Waals surface area contributed by atoms with E-state index in [0.717, 1.165) is 11.8 Å². The minimum absolute atomic E-state index is 0. The first-order valence-corrected chi connectivity index (χ1v) is 3.13. The van der Waals surface area contributed by atoms with Crippen molar-refractivity contribution in [2.75, 3.05) is 0 Å². The molecule has 2 rings (SSSR count). The van der Waals surface area contributed by atoms with Gasteiger partial charge in [0.1, 0.15) is 0 Å². The number of hydrogen-bond donors (Lipinski definition) is 1. The third-order valence-electron chi connectivity index (χ3n) is 2.17. The van der Waals surface area contributed by atoms with Crippen molar-refractivity contribution in [3.63, 3.8) is 0 Å². The van der Waals surface area contributed by atoms with Gasteiger partial charge in [-0.2, -0.15) is 0 Å². The van der Waals surface area contributed by atoms with E-state index in [1.165, 1.54) is 19.3 Å². The minimum atomic E-state index is 0. The van der Waals surface area contributed by atoms with Crippen molar-refractivity contribution < 1.29 is 0 Å². The van der Waals surface area contributed by atoms with Gasteiger partial charge in [-0.15, -0.1) is 0 Å². The van der Waals surface area contributed by atoms with Crippen molar-refractivity contribution >= 4 is 0 Å². The van der Waals surface area contributed by atoms with Crippen LogP contribution in [0, 0.1) is 11.8 Å². The molecule has 0 heterocycles. The van der Waals surface area contributed by atoms with E-state index in [1.807, 2.05) is 0 Å². The first-order chi connectivity index (χ1) is 3.45. The topological polar surface area (TPSA) is 35.0 Å². The highest BCUT2D eigenvalue weighted by molar-refractivity contribution is 5.06. The van der Waals surface area contributed by atoms with Gasteiger partial charge >= 0.3 is 0 Å². The number of fused-ring (bicyclic) bond motifs is 2. The molecule has 0 aliphatic heterocycles. The SMILES string of the molecule is C1=CC2CCC1C2.N. The van der Waals surface area contributed by atoms with Crippen LogP contribution in [0.3, 0.4) is 0 Å². The molecule has 2 aliphatic rings. The van der Waals surface area contributed by atoms with Gasteiger partial charge < -0.3 is 6.15 Å². The molecule has 0 spiro atoms. The van der Waals surface area contributed by atoms with Crippen LogP contribution in [0.1, 0.15) is 19.3 Å². The molecule has 0 aromatic rings. The van der Waals surface area contributed by atoms with Gasteiger partial charge in [-0.3, -0.25) is 0 Å². The third kappa shape index (κ3) is 0.671. The summed E-state index contributed by atoms with van der Waals surface area (Å²) in [5.41, 5.74) is 0. The summed E-state index contributed by atoms with van der Waals surface area (Å²) in [5.74, 6) is 1.98. The van der Waals surface area contributed by atoms with Crippen molar-refractivity contribution in [2.45, 2.75) is 19.3 Å². The summed E-state index contributed by atoms with van der Waals surface area (Å²) in [7, 11) is 0. The predicted octanol–water partition coefficient (Wildman–Crippen LogP) is 2.13. The maximum absolute atomic E-state index is 2.38. The van der Waals surface area contributed by atoms with Crippen LogP contribution >= 0.6 is 0 Å². The van der Waals surface area contributed by atoms with Gasteiger partial charge in [-0.1, -0.05) is 12.2 Å². The summed E-state index contributed by atoms with van der Waals surface area (Å²) in [6, 6.07) is 0. The fraction of sp³-hybridized carbons (Fsp3) is 0.714. The second kappa shape index (κ2) is 1.90. The Labute approximate surface area is 50.4 Å². The maximum Gasteiger partial charge on any atom is -0.0228 e. The van der Waals surface area contributed by atoms with Crippen LogP contribution < -0.4 is 6.15 Å². The predicted molar refractivity (Wildman–Crippen MR) is 35.0 cm³/mol. The number of hydrogen-bond acceptors (Lipinski definition) is 1. The Hall–Kier alpha value is -0.300. The lowest BCUT2D eigenvalue weighted by Gasteiger charge is -1.96. The number of rotatable bonds is 0. The molecule has 46 valence electrons. The van der Waals surface area contributed by atoms with Gasteiger partial charge in [0, 0.05) is 0 Å². The van der Waals surface area contributed by atoms with Crippen LogP contribution in [0.15, 0.2) is 12.2 Å². The molecule has 2 unspecified atom stereocenters. The van der Waals surface area contributed by atoms with Crippen molar-refractivity contribution in [2.24, 2.45) is 11.8 Å². The highest BCUT2D eigenvalue weighted by atomic mass is 14.3. The van der Waals surface area contributed by atoms with Gasteiger partial charge in [0.05, 0.1) is 0 Å². The molecule has 2 bridgehead atoms. The summed E-state index contributed by atoms with van der Waals surface area (Å²) in [4.78, 5) is 0. The molecule has 1 heteroatoms. The average Bonchev–Trinajstić information content (AvgIpc) is 2.22. The molecule has 8 heavy (non-hydrogen) atoms. The Morgan fingerprint density at radius 2 is 1.50 bits per heavy atom. The van der Waals surface area contributed by atoms with Crippen LogP contribution in [0.4, 0.5) is 0 Å². The van der Waals surface area contributed by atoms with Crippen LogP contribution in [0.2, 0.25) is 0 Å². The fourth-order valence-corrected chi connectivity index (χ4v) is 1.72. The summed E-state index contributed by atoms with van der Waals surface area (Å²) >= 11 is 0. The summed E-state index contributed by atoms with van der Waals surface area (Å²) in [6.07, 6.45) is 9.19. The van der Waals surface area contributed by atoms with Gasteiger partial charge in [0.25, 0.3) is 0 Å². The van der Waals surface area contributed by atoms with Crippen molar-refractivity contribution in [3.05, 3.63) is 12.2 Å². The zero-order valence-electron chi connectivity index (χ0n) is 5.14. The zero-order chi connectivity index (χ0) is 4.69. The molecule has 0 aromatic carbocycles. The lowest BCUT2D eigenvalue weighted by molar-refractivity contribution is 0.691. The van der Waals surface area contributed by atoms with Gasteiger partial charge in [0.15, 0.2) is 0 Å². The quantitative estimate of drug-likeness (QED) is 0.477. The maximum atomic E-state index is 2.38. The lowest BCUT2D eigenvalue weighted by atomic mass is 10.1. The summed E-state index contributed by atoms with van der Waals surface area (Å²) < 4.78 is 0. The monoisotopic (exact) mass is 111 g/mol. The molecule has 0 aromatic heterocycles. The van der Waals surface area contributed by atoms with Gasteiger partial charge in [-0.05, 0) is 31.1 Å². The summed E-state index contributed by atoms with van der Waals surface area (Å²) in [6.45, 7) is 0. The molecule has 0 amide bonds. The smallest absolute Gasteiger partial charge is 0.0228 e. The first kappa shape index (κ1) is 5.83. The Kier molecular flexibility index (Phi) is 1.39. The second-order valence-corrected chi connectivity index (χ2v) is 2.72. The van der Waals surface area contributed by atoms with Crippen LogP contribution in [-0.2, 0) is 0 Å². The Balaban J connectivity index is 0.000000320. The fourth-order valence-electron chi connectivity index (χ4n) is 1.72. The Morgan fingerprint density at radius 1 is 1.00 bits per heavy atom. The van der Waals surface area contributed by atoms with E-state index >= 15 is 0 Å². The molecule has 0 radical (unpaired) electrons. The molecular weight excluding hydrogens is 98.1 g/mol. The zero-order valence-corrected chi connectivity index (χ0v) is 5.14. The molecule has 0 saturated heterocycles. The molecule has 2 aliphatic carbocycles. The second-order valence-electron chi connectivity index (χ2n) is 2.72. The highest BCUT2D eigenvalue weighted by Gasteiger charge is 2.25. The van der Waals surface area contributed by atoms with Crippen LogP contribution in [0.25, 0.3) is 0 Å². The van der Waals surface area contributed by atoms with Crippen molar-refractivity contribution in [1.82, 2.24) is 6.15 Å².